The number of aromatic nitrogens is 1. The molecule has 8 N–H and O–H groups in total. The van der Waals surface area contributed by atoms with Crippen LogP contribution in [0.4, 0.5) is 0 Å². The summed E-state index contributed by atoms with van der Waals surface area (Å²) in [4.78, 5) is 130. The SMILES string of the molecule is NC(=O)[C@@H](NC(=O)CNC(=O)[C@@H]1CC(=O)CN1C(=O)CNC(=O)[C@H](CCC(=O)C(=O)NC1CC1)NC(=O)c1ccncc1C(=O)O)C1CCCCC1. The third kappa shape index (κ3) is 10.9. The molecule has 280 valence electrons. The minimum Gasteiger partial charge on any atom is -0.478 e. The molecule has 1 aromatic rings. The monoisotopic (exact) mass is 726 g/mol. The van der Waals surface area contributed by atoms with Gasteiger partial charge in [0, 0.05) is 31.3 Å². The highest BCUT2D eigenvalue weighted by molar-refractivity contribution is 6.36. The Morgan fingerprint density at radius 1 is 0.923 bits per heavy atom. The number of nitrogens with zero attached hydrogens (tertiary/aromatic N) is 2. The molecule has 1 aromatic heterocycles. The quantitative estimate of drug-likeness (QED) is 0.0818. The van der Waals surface area contributed by atoms with E-state index >= 15 is 0 Å². The lowest BCUT2D eigenvalue weighted by Gasteiger charge is -2.29. The highest BCUT2D eigenvalue weighted by Crippen LogP contribution is 2.26. The lowest BCUT2D eigenvalue weighted by molar-refractivity contribution is -0.139. The van der Waals surface area contributed by atoms with Crippen LogP contribution in [0.25, 0.3) is 0 Å². The Morgan fingerprint density at radius 2 is 1.63 bits per heavy atom. The minimum absolute atomic E-state index is 0.108. The van der Waals surface area contributed by atoms with Gasteiger partial charge in [-0.2, -0.15) is 0 Å². The van der Waals surface area contributed by atoms with E-state index in [1.54, 1.807) is 0 Å². The van der Waals surface area contributed by atoms with E-state index in [1.165, 1.54) is 0 Å². The molecule has 3 atom stereocenters. The van der Waals surface area contributed by atoms with Gasteiger partial charge < -0.3 is 42.3 Å². The fourth-order valence-corrected chi connectivity index (χ4v) is 6.12. The molecule has 7 amide bonds. The number of hydrogen-bond donors (Lipinski definition) is 7. The van der Waals surface area contributed by atoms with Crippen molar-refractivity contribution in [3.05, 3.63) is 29.6 Å². The summed E-state index contributed by atoms with van der Waals surface area (Å²) in [5.74, 6) is -8.82. The van der Waals surface area contributed by atoms with Gasteiger partial charge in [-0.1, -0.05) is 19.3 Å². The van der Waals surface area contributed by atoms with E-state index in [-0.39, 0.29) is 23.9 Å². The van der Waals surface area contributed by atoms with Crippen LogP contribution in [0.2, 0.25) is 0 Å². The van der Waals surface area contributed by atoms with Crippen LogP contribution in [0, 0.1) is 5.92 Å². The van der Waals surface area contributed by atoms with Crippen LogP contribution in [0.1, 0.15) is 84.9 Å². The van der Waals surface area contributed by atoms with E-state index in [9.17, 15) is 53.1 Å². The topological polar surface area (TPSA) is 293 Å². The summed E-state index contributed by atoms with van der Waals surface area (Å²) in [6, 6.07) is -2.74. The second-order valence-electron chi connectivity index (χ2n) is 13.0. The number of carbonyl (C=O) groups excluding carboxylic acids is 9. The first-order valence-corrected chi connectivity index (χ1v) is 17.0. The van der Waals surface area contributed by atoms with Gasteiger partial charge >= 0.3 is 5.97 Å². The molecule has 19 heteroatoms. The highest BCUT2D eigenvalue weighted by Gasteiger charge is 2.39. The molecule has 2 aliphatic carbocycles. The van der Waals surface area contributed by atoms with Crippen molar-refractivity contribution in [2.45, 2.75) is 88.4 Å². The summed E-state index contributed by atoms with van der Waals surface area (Å²) < 4.78 is 0. The zero-order chi connectivity index (χ0) is 37.9. The van der Waals surface area contributed by atoms with E-state index < -0.39 is 115 Å². The Morgan fingerprint density at radius 3 is 2.29 bits per heavy atom. The summed E-state index contributed by atoms with van der Waals surface area (Å²) in [6.45, 7) is -1.77. The molecule has 0 aromatic carbocycles. The molecular weight excluding hydrogens is 684 g/mol. The van der Waals surface area contributed by atoms with Gasteiger partial charge in [-0.05, 0) is 44.1 Å². The van der Waals surface area contributed by atoms with Crippen LogP contribution in [0.3, 0.4) is 0 Å². The predicted octanol–water partition coefficient (Wildman–Crippen LogP) is -2.54. The molecule has 19 nitrogen and oxygen atoms in total. The van der Waals surface area contributed by atoms with Crippen LogP contribution in [-0.2, 0) is 38.4 Å². The number of ketones is 2. The van der Waals surface area contributed by atoms with Gasteiger partial charge in [0.2, 0.25) is 35.3 Å². The Bertz CT molecular complexity index is 1620. The van der Waals surface area contributed by atoms with Crippen molar-refractivity contribution >= 4 is 58.9 Å². The number of aromatic carboxylic acids is 1. The average Bonchev–Trinajstić information content (AvgIpc) is 3.86. The van der Waals surface area contributed by atoms with Crippen molar-refractivity contribution in [1.82, 2.24) is 36.5 Å². The Labute approximate surface area is 297 Å². The lowest BCUT2D eigenvalue weighted by atomic mass is 9.83. The first kappa shape index (κ1) is 39.0. The first-order chi connectivity index (χ1) is 24.7. The van der Waals surface area contributed by atoms with Crippen LogP contribution in [0.15, 0.2) is 18.5 Å². The number of likely N-dealkylation sites (tertiary alicyclic amines) is 1. The molecule has 3 fully saturated rings. The molecule has 0 unspecified atom stereocenters. The second-order valence-corrected chi connectivity index (χ2v) is 13.0. The molecule has 2 saturated carbocycles. The zero-order valence-corrected chi connectivity index (χ0v) is 28.3. The number of carbonyl (C=O) groups is 10. The summed E-state index contributed by atoms with van der Waals surface area (Å²) in [5, 5.41) is 21.5. The number of primary amides is 1. The number of amides is 7. The molecule has 2 heterocycles. The van der Waals surface area contributed by atoms with E-state index in [0.29, 0.717) is 0 Å². The molecule has 0 radical (unpaired) electrons. The highest BCUT2D eigenvalue weighted by atomic mass is 16.4. The molecule has 3 aliphatic rings. The molecule has 4 rings (SSSR count). The normalized spacial score (nSPS) is 18.3. The van der Waals surface area contributed by atoms with Gasteiger partial charge in [-0.3, -0.25) is 48.1 Å². The number of carboxylic acids is 1. The maximum Gasteiger partial charge on any atom is 0.338 e. The van der Waals surface area contributed by atoms with Gasteiger partial charge in [0.1, 0.15) is 18.1 Å². The number of rotatable bonds is 17. The Hall–Kier alpha value is -5.75. The van der Waals surface area contributed by atoms with Crippen LogP contribution >= 0.6 is 0 Å². The summed E-state index contributed by atoms with van der Waals surface area (Å²) in [6.07, 6.45) is 6.56. The third-order valence-corrected chi connectivity index (χ3v) is 9.09. The van der Waals surface area contributed by atoms with Gasteiger partial charge in [-0.25, -0.2) is 4.79 Å². The minimum atomic E-state index is -1.52. The fourth-order valence-electron chi connectivity index (χ4n) is 6.12. The second kappa shape index (κ2) is 18.0. The van der Waals surface area contributed by atoms with E-state index in [4.69, 9.17) is 5.73 Å². The zero-order valence-electron chi connectivity index (χ0n) is 28.3. The molecule has 1 aliphatic heterocycles. The first-order valence-electron chi connectivity index (χ1n) is 17.0. The van der Waals surface area contributed by atoms with E-state index in [0.717, 1.165) is 68.3 Å². The maximum absolute atomic E-state index is 13.3. The average molecular weight is 727 g/mol. The lowest BCUT2D eigenvalue weighted by Crippen LogP contribution is -2.54. The standard InChI is InChI=1S/C33H42N8O11/c34-28(46)27(17-4-2-1-3-5-17)40-25(44)14-36-31(49)23-12-19(42)16-41(23)26(45)15-37-30(48)22(8-9-24(43)32(50)38-18-6-7-18)39-29(47)20-10-11-35-13-21(20)33(51)52/h10-11,13,17-18,22-23,27H,1-9,12,14-16H2,(H2,34,46)(H,36,49)(H,37,48)(H,38,50)(H,39,47)(H,40,44)(H,51,52)/t22-,23-,27-/m0/s1. The molecular formula is C33H42N8O11. The Kier molecular flexibility index (Phi) is 13.5. The van der Waals surface area contributed by atoms with Gasteiger partial charge in [-0.15, -0.1) is 0 Å². The van der Waals surface area contributed by atoms with E-state index in [2.05, 4.69) is 31.6 Å². The van der Waals surface area contributed by atoms with Crippen LogP contribution in [-0.4, -0.2) is 118 Å². The smallest absolute Gasteiger partial charge is 0.338 e. The number of pyridine rings is 1. The number of nitrogens with one attached hydrogen (secondary N) is 5. The number of Topliss-reactive ketones (excluding diaryl/α,β-unsaturated/α-hetero) is 2. The predicted molar refractivity (Wildman–Crippen MR) is 177 cm³/mol. The maximum atomic E-state index is 13.3. The van der Waals surface area contributed by atoms with Crippen molar-refractivity contribution in [2.24, 2.45) is 11.7 Å². The molecule has 0 spiro atoms. The summed E-state index contributed by atoms with van der Waals surface area (Å²) in [7, 11) is 0. The van der Waals surface area contributed by atoms with Gasteiger partial charge in [0.05, 0.1) is 30.8 Å². The van der Waals surface area contributed by atoms with Gasteiger partial charge in [0.15, 0.2) is 5.78 Å². The van der Waals surface area contributed by atoms with Crippen LogP contribution < -0.4 is 32.3 Å². The number of carboxylic acid groups (broad SMARTS) is 1. The summed E-state index contributed by atoms with van der Waals surface area (Å²) >= 11 is 0. The number of nitrogens with two attached hydrogens (primary N) is 1. The van der Waals surface area contributed by atoms with Crippen molar-refractivity contribution in [1.29, 1.82) is 0 Å². The Balaban J connectivity index is 1.35. The fraction of sp³-hybridized carbons (Fsp3) is 0.545. The molecule has 52 heavy (non-hydrogen) atoms. The van der Waals surface area contributed by atoms with Crippen molar-refractivity contribution in [3.8, 4) is 0 Å². The van der Waals surface area contributed by atoms with Gasteiger partial charge in [0.25, 0.3) is 11.8 Å². The van der Waals surface area contributed by atoms with Crippen LogP contribution in [0.5, 0.6) is 0 Å². The summed E-state index contributed by atoms with van der Waals surface area (Å²) in [5.41, 5.74) is 4.70. The number of hydrogen-bond acceptors (Lipinski definition) is 11. The third-order valence-electron chi connectivity index (χ3n) is 9.09. The molecule has 0 bridgehead atoms. The van der Waals surface area contributed by atoms with E-state index in [1.807, 2.05) is 0 Å². The molecule has 1 saturated heterocycles. The van der Waals surface area contributed by atoms with Crippen molar-refractivity contribution < 1.29 is 53.1 Å². The largest absolute Gasteiger partial charge is 0.478 e. The van der Waals surface area contributed by atoms with Crippen molar-refractivity contribution in [3.63, 3.8) is 0 Å². The van der Waals surface area contributed by atoms with Crippen molar-refractivity contribution in [2.75, 3.05) is 19.6 Å².